The standard InChI is InChI=1S/C22H25N3O8/c1-21(2,3)33-20(30)25-22(9-11-31-12-10-22)19-23-14(17(27)28)15(16(26)24-19)32-18(29)13-7-5-4-6-8-13/h4-8H,9-12H2,1-3H3,(H,25,30)(H,27,28)(H,23,24,26). The van der Waals surface area contributed by atoms with Crippen molar-refractivity contribution in [2.75, 3.05) is 13.2 Å². The number of carboxylic acids is 1. The molecule has 3 rings (SSSR count). The lowest BCUT2D eigenvalue weighted by atomic mass is 9.89. The number of carboxylic acid groups (broad SMARTS) is 1. The zero-order chi connectivity index (χ0) is 24.2. The molecule has 0 bridgehead atoms. The predicted octanol–water partition coefficient (Wildman–Crippen LogP) is 2.22. The van der Waals surface area contributed by atoms with E-state index in [0.717, 1.165) is 0 Å². The number of esters is 1. The predicted molar refractivity (Wildman–Crippen MR) is 114 cm³/mol. The summed E-state index contributed by atoms with van der Waals surface area (Å²) in [5.74, 6) is -3.33. The lowest BCUT2D eigenvalue weighted by Crippen LogP contribution is -2.52. The van der Waals surface area contributed by atoms with Gasteiger partial charge in [-0.25, -0.2) is 19.4 Å². The van der Waals surface area contributed by atoms with Crippen LogP contribution in [-0.2, 0) is 15.0 Å². The largest absolute Gasteiger partial charge is 0.476 e. The first kappa shape index (κ1) is 23.9. The molecule has 0 spiro atoms. The van der Waals surface area contributed by atoms with Gasteiger partial charge in [-0.2, -0.15) is 0 Å². The van der Waals surface area contributed by atoms with Crippen molar-refractivity contribution in [1.82, 2.24) is 15.3 Å². The fourth-order valence-corrected chi connectivity index (χ4v) is 3.29. The fourth-order valence-electron chi connectivity index (χ4n) is 3.29. The molecule has 3 N–H and O–H groups in total. The Morgan fingerprint density at radius 1 is 1.15 bits per heavy atom. The molecule has 0 unspecified atom stereocenters. The van der Waals surface area contributed by atoms with Crippen molar-refractivity contribution in [3.8, 4) is 5.75 Å². The molecule has 1 fully saturated rings. The number of hydrogen-bond acceptors (Lipinski definition) is 8. The quantitative estimate of drug-likeness (QED) is 0.570. The lowest BCUT2D eigenvalue weighted by Gasteiger charge is -2.37. The minimum Gasteiger partial charge on any atom is -0.476 e. The van der Waals surface area contributed by atoms with Crippen LogP contribution in [-0.4, -0.2) is 51.9 Å². The monoisotopic (exact) mass is 459 g/mol. The number of aromatic carboxylic acids is 1. The van der Waals surface area contributed by atoms with Gasteiger partial charge in [-0.3, -0.25) is 4.79 Å². The van der Waals surface area contributed by atoms with Crippen LogP contribution in [0.2, 0.25) is 0 Å². The highest BCUT2D eigenvalue weighted by Gasteiger charge is 2.41. The highest BCUT2D eigenvalue weighted by atomic mass is 16.6. The van der Waals surface area contributed by atoms with Crippen molar-refractivity contribution in [3.05, 3.63) is 57.8 Å². The first-order valence-corrected chi connectivity index (χ1v) is 10.2. The van der Waals surface area contributed by atoms with Gasteiger partial charge in [-0.1, -0.05) is 18.2 Å². The zero-order valence-electron chi connectivity index (χ0n) is 18.5. The van der Waals surface area contributed by atoms with E-state index in [1.54, 1.807) is 39.0 Å². The molecule has 0 radical (unpaired) electrons. The molecular formula is C22H25N3O8. The van der Waals surface area contributed by atoms with E-state index in [2.05, 4.69) is 15.3 Å². The van der Waals surface area contributed by atoms with Crippen LogP contribution in [0.4, 0.5) is 4.79 Å². The molecule has 11 heteroatoms. The van der Waals surface area contributed by atoms with Gasteiger partial charge >= 0.3 is 18.0 Å². The maximum atomic E-state index is 12.8. The van der Waals surface area contributed by atoms with Crippen molar-refractivity contribution in [3.63, 3.8) is 0 Å². The van der Waals surface area contributed by atoms with Crippen molar-refractivity contribution in [2.45, 2.75) is 44.8 Å². The number of carbonyl (C=O) groups is 3. The molecule has 2 aromatic rings. The Morgan fingerprint density at radius 3 is 2.36 bits per heavy atom. The topological polar surface area (TPSA) is 157 Å². The Labute approximate surface area is 189 Å². The van der Waals surface area contributed by atoms with Crippen LogP contribution in [0.3, 0.4) is 0 Å². The summed E-state index contributed by atoms with van der Waals surface area (Å²) in [6, 6.07) is 7.80. The van der Waals surface area contributed by atoms with Gasteiger partial charge in [-0.15, -0.1) is 0 Å². The molecule has 0 saturated carbocycles. The third kappa shape index (κ3) is 5.75. The van der Waals surface area contributed by atoms with Crippen molar-refractivity contribution in [2.24, 2.45) is 0 Å². The number of alkyl carbamates (subject to hydrolysis) is 1. The van der Waals surface area contributed by atoms with Crippen LogP contribution >= 0.6 is 0 Å². The summed E-state index contributed by atoms with van der Waals surface area (Å²) in [7, 11) is 0. The molecule has 176 valence electrons. The molecule has 0 aliphatic carbocycles. The van der Waals surface area contributed by atoms with E-state index in [1.165, 1.54) is 12.1 Å². The number of aromatic nitrogens is 2. The van der Waals surface area contributed by atoms with E-state index in [9.17, 15) is 24.3 Å². The van der Waals surface area contributed by atoms with Gasteiger partial charge in [0.05, 0.1) is 5.56 Å². The van der Waals surface area contributed by atoms with E-state index in [4.69, 9.17) is 14.2 Å². The second-order valence-electron chi connectivity index (χ2n) is 8.47. The van der Waals surface area contributed by atoms with Gasteiger partial charge in [0.1, 0.15) is 17.0 Å². The number of carbonyl (C=O) groups excluding carboxylic acids is 2. The summed E-state index contributed by atoms with van der Waals surface area (Å²) < 4.78 is 15.8. The maximum absolute atomic E-state index is 12.8. The normalized spacial score (nSPS) is 15.4. The number of nitrogens with zero attached hydrogens (tertiary/aromatic N) is 1. The summed E-state index contributed by atoms with van der Waals surface area (Å²) >= 11 is 0. The average molecular weight is 459 g/mol. The van der Waals surface area contributed by atoms with Gasteiger partial charge in [0, 0.05) is 26.1 Å². The van der Waals surface area contributed by atoms with Crippen LogP contribution in [0, 0.1) is 0 Å². The van der Waals surface area contributed by atoms with Crippen molar-refractivity contribution < 1.29 is 33.7 Å². The van der Waals surface area contributed by atoms with Crippen LogP contribution in [0.1, 0.15) is 60.3 Å². The van der Waals surface area contributed by atoms with Gasteiger partial charge < -0.3 is 29.6 Å². The van der Waals surface area contributed by atoms with E-state index in [1.807, 2.05) is 0 Å². The van der Waals surface area contributed by atoms with E-state index >= 15 is 0 Å². The second kappa shape index (κ2) is 9.41. The highest BCUT2D eigenvalue weighted by Crippen LogP contribution is 2.31. The second-order valence-corrected chi connectivity index (χ2v) is 8.47. The van der Waals surface area contributed by atoms with Crippen LogP contribution in [0.5, 0.6) is 5.75 Å². The summed E-state index contributed by atoms with van der Waals surface area (Å²) in [6.45, 7) is 5.55. The van der Waals surface area contributed by atoms with Gasteiger partial charge in [-0.05, 0) is 32.9 Å². The fraction of sp³-hybridized carbons (Fsp3) is 0.409. The Bertz CT molecular complexity index is 1100. The first-order valence-electron chi connectivity index (χ1n) is 10.2. The third-order valence-electron chi connectivity index (χ3n) is 4.82. The number of hydrogen-bond donors (Lipinski definition) is 3. The van der Waals surface area contributed by atoms with Crippen LogP contribution in [0.25, 0.3) is 0 Å². The number of ether oxygens (including phenoxy) is 3. The van der Waals surface area contributed by atoms with Gasteiger partial charge in [0.15, 0.2) is 5.69 Å². The molecule has 0 atom stereocenters. The number of H-pyrrole nitrogens is 1. The molecule has 11 nitrogen and oxygen atoms in total. The molecule has 1 aliphatic rings. The number of rotatable bonds is 5. The first-order chi connectivity index (χ1) is 15.5. The summed E-state index contributed by atoms with van der Waals surface area (Å²) in [6.07, 6.45) is -0.349. The molecule has 1 aliphatic heterocycles. The highest BCUT2D eigenvalue weighted by molar-refractivity contribution is 5.94. The number of amides is 1. The molecule has 1 aromatic carbocycles. The summed E-state index contributed by atoms with van der Waals surface area (Å²) in [5, 5.41) is 12.4. The summed E-state index contributed by atoms with van der Waals surface area (Å²) in [5.41, 5.74) is -3.62. The third-order valence-corrected chi connectivity index (χ3v) is 4.82. The maximum Gasteiger partial charge on any atom is 0.408 e. The van der Waals surface area contributed by atoms with Crippen molar-refractivity contribution in [1.29, 1.82) is 0 Å². The SMILES string of the molecule is CC(C)(C)OC(=O)NC1(c2nc(C(=O)O)c(OC(=O)c3ccccc3)c(=O)[nH]2)CCOCC1. The molecule has 1 aromatic heterocycles. The van der Waals surface area contributed by atoms with Crippen molar-refractivity contribution >= 4 is 18.0 Å². The Morgan fingerprint density at radius 2 is 1.79 bits per heavy atom. The number of aromatic amines is 1. The Balaban J connectivity index is 2.00. The molecule has 2 heterocycles. The van der Waals surface area contributed by atoms with E-state index in [-0.39, 0.29) is 37.4 Å². The van der Waals surface area contributed by atoms with Crippen LogP contribution < -0.4 is 15.6 Å². The van der Waals surface area contributed by atoms with Gasteiger partial charge in [0.25, 0.3) is 5.56 Å². The number of nitrogens with one attached hydrogen (secondary N) is 2. The smallest absolute Gasteiger partial charge is 0.408 e. The Kier molecular flexibility index (Phi) is 6.82. The van der Waals surface area contributed by atoms with Gasteiger partial charge in [0.2, 0.25) is 5.75 Å². The van der Waals surface area contributed by atoms with Crippen LogP contribution in [0.15, 0.2) is 35.1 Å². The van der Waals surface area contributed by atoms with E-state index in [0.29, 0.717) is 0 Å². The average Bonchev–Trinajstić information content (AvgIpc) is 2.74. The molecule has 33 heavy (non-hydrogen) atoms. The lowest BCUT2D eigenvalue weighted by molar-refractivity contribution is 0.0131. The molecule has 1 saturated heterocycles. The Hall–Kier alpha value is -3.73. The minimum absolute atomic E-state index is 0.0985. The molecular weight excluding hydrogens is 434 g/mol. The van der Waals surface area contributed by atoms with E-state index < -0.39 is 46.2 Å². The minimum atomic E-state index is -1.57. The number of benzene rings is 1. The zero-order valence-corrected chi connectivity index (χ0v) is 18.5. The molecule has 1 amide bonds. The summed E-state index contributed by atoms with van der Waals surface area (Å²) in [4.78, 5) is 56.1.